The topological polar surface area (TPSA) is 76.6 Å². The van der Waals surface area contributed by atoms with Crippen LogP contribution >= 0.6 is 0 Å². The van der Waals surface area contributed by atoms with Gasteiger partial charge in [-0.15, -0.1) is 0 Å². The van der Waals surface area contributed by atoms with E-state index < -0.39 is 11.8 Å². The van der Waals surface area contributed by atoms with Crippen molar-refractivity contribution >= 4 is 23.7 Å². The number of fused-ring (bicyclic) bond motifs is 1. The second-order valence-corrected chi connectivity index (χ2v) is 5.21. The van der Waals surface area contributed by atoms with E-state index in [-0.39, 0.29) is 5.78 Å². The zero-order valence-corrected chi connectivity index (χ0v) is 13.1. The van der Waals surface area contributed by atoms with E-state index in [4.69, 9.17) is 4.74 Å². The number of amides is 2. The van der Waals surface area contributed by atoms with Gasteiger partial charge in [-0.2, -0.15) is 0 Å². The minimum Gasteiger partial charge on any atom is -0.481 e. The Morgan fingerprint density at radius 3 is 2.33 bits per heavy atom. The quantitative estimate of drug-likeness (QED) is 0.638. The molecule has 0 spiro atoms. The van der Waals surface area contributed by atoms with Gasteiger partial charge in [-0.25, -0.2) is 9.88 Å². The highest BCUT2D eigenvalue weighted by molar-refractivity contribution is 6.22. The lowest BCUT2D eigenvalue weighted by Gasteiger charge is -2.08. The Morgan fingerprint density at radius 2 is 1.79 bits per heavy atom. The van der Waals surface area contributed by atoms with E-state index in [2.05, 4.69) is 4.98 Å². The first-order chi connectivity index (χ1) is 11.5. The molecule has 0 aliphatic carbocycles. The number of hydrogen-bond donors (Lipinski definition) is 0. The summed E-state index contributed by atoms with van der Waals surface area (Å²) in [4.78, 5) is 41.4. The Kier molecular flexibility index (Phi) is 3.95. The first kappa shape index (κ1) is 15.6. The van der Waals surface area contributed by atoms with Gasteiger partial charge in [0, 0.05) is 29.6 Å². The summed E-state index contributed by atoms with van der Waals surface area (Å²) in [5.74, 6) is -0.633. The number of carbonyl (C=O) groups excluding carboxylic acids is 3. The molecular weight excluding hydrogens is 308 g/mol. The maximum Gasteiger partial charge on any atom is 0.265 e. The minimum absolute atomic E-state index is 0.169. The van der Waals surface area contributed by atoms with Crippen LogP contribution in [-0.4, -0.2) is 34.6 Å². The van der Waals surface area contributed by atoms with Crippen LogP contribution in [0.3, 0.4) is 0 Å². The lowest BCUT2D eigenvalue weighted by Crippen LogP contribution is -2.23. The van der Waals surface area contributed by atoms with Crippen LogP contribution in [0.4, 0.5) is 0 Å². The third-order valence-electron chi connectivity index (χ3n) is 3.73. The molecule has 24 heavy (non-hydrogen) atoms. The summed E-state index contributed by atoms with van der Waals surface area (Å²) >= 11 is 0. The lowest BCUT2D eigenvalue weighted by atomic mass is 10.1. The molecule has 0 fully saturated rings. The van der Waals surface area contributed by atoms with E-state index in [0.717, 1.165) is 4.90 Å². The van der Waals surface area contributed by atoms with Crippen LogP contribution < -0.4 is 4.74 Å². The van der Waals surface area contributed by atoms with Gasteiger partial charge < -0.3 is 4.74 Å². The highest BCUT2D eigenvalue weighted by atomic mass is 16.5. The minimum atomic E-state index is -0.391. The molecule has 0 radical (unpaired) electrons. The van der Waals surface area contributed by atoms with Crippen molar-refractivity contribution < 1.29 is 19.1 Å². The lowest BCUT2D eigenvalue weighted by molar-refractivity contribution is 0.0722. The van der Waals surface area contributed by atoms with Crippen LogP contribution in [0.15, 0.2) is 42.7 Å². The molecule has 0 saturated heterocycles. The van der Waals surface area contributed by atoms with Crippen molar-refractivity contribution in [3.8, 4) is 5.88 Å². The zero-order chi connectivity index (χ0) is 17.3. The molecule has 120 valence electrons. The SMILES string of the molecule is COc1cc(C(C)=O)c(/C=C/N2C(=O)c3ccccc3C2=O)cn1. The van der Waals surface area contributed by atoms with Gasteiger partial charge in [0.15, 0.2) is 5.78 Å². The van der Waals surface area contributed by atoms with E-state index >= 15 is 0 Å². The Morgan fingerprint density at radius 1 is 1.17 bits per heavy atom. The molecule has 0 bridgehead atoms. The summed E-state index contributed by atoms with van der Waals surface area (Å²) in [6, 6.07) is 8.15. The van der Waals surface area contributed by atoms with Gasteiger partial charge >= 0.3 is 0 Å². The van der Waals surface area contributed by atoms with E-state index in [0.29, 0.717) is 28.1 Å². The molecule has 1 aromatic heterocycles. The third-order valence-corrected chi connectivity index (χ3v) is 3.73. The molecule has 1 aliphatic heterocycles. The van der Waals surface area contributed by atoms with Gasteiger partial charge in [0.05, 0.1) is 18.2 Å². The number of rotatable bonds is 4. The monoisotopic (exact) mass is 322 g/mol. The summed E-state index contributed by atoms with van der Waals surface area (Å²) in [6.45, 7) is 1.42. The van der Waals surface area contributed by atoms with Crippen molar-refractivity contribution in [1.82, 2.24) is 9.88 Å². The molecule has 1 aliphatic rings. The fraction of sp³-hybridized carbons (Fsp3) is 0.111. The Balaban J connectivity index is 1.94. The van der Waals surface area contributed by atoms with Crippen molar-refractivity contribution in [1.29, 1.82) is 0 Å². The van der Waals surface area contributed by atoms with Crippen molar-refractivity contribution in [2.24, 2.45) is 0 Å². The molecule has 0 atom stereocenters. The molecule has 2 amide bonds. The van der Waals surface area contributed by atoms with Crippen molar-refractivity contribution in [2.45, 2.75) is 6.92 Å². The van der Waals surface area contributed by atoms with Crippen molar-refractivity contribution in [3.05, 3.63) is 65.0 Å². The zero-order valence-electron chi connectivity index (χ0n) is 13.1. The number of ketones is 1. The number of nitrogens with zero attached hydrogens (tertiary/aromatic N) is 2. The number of methoxy groups -OCH3 is 1. The number of hydrogen-bond acceptors (Lipinski definition) is 5. The van der Waals surface area contributed by atoms with E-state index in [9.17, 15) is 14.4 Å². The Bertz CT molecular complexity index is 851. The summed E-state index contributed by atoms with van der Waals surface area (Å²) < 4.78 is 5.01. The summed E-state index contributed by atoms with van der Waals surface area (Å²) in [5, 5.41) is 0. The van der Waals surface area contributed by atoms with E-state index in [1.165, 1.54) is 38.6 Å². The van der Waals surface area contributed by atoms with Crippen LogP contribution in [0.5, 0.6) is 5.88 Å². The smallest absolute Gasteiger partial charge is 0.265 e. The average molecular weight is 322 g/mol. The fourth-order valence-corrected chi connectivity index (χ4v) is 2.49. The number of carbonyl (C=O) groups is 3. The number of aromatic nitrogens is 1. The third kappa shape index (κ3) is 2.58. The molecule has 6 nitrogen and oxygen atoms in total. The highest BCUT2D eigenvalue weighted by Crippen LogP contribution is 2.24. The predicted molar refractivity (Wildman–Crippen MR) is 86.8 cm³/mol. The van der Waals surface area contributed by atoms with Gasteiger partial charge in [0.2, 0.25) is 5.88 Å². The standard InChI is InChI=1S/C18H14N2O4/c1-11(21)15-9-16(24-2)19-10-12(15)7-8-20-17(22)13-5-3-4-6-14(13)18(20)23/h3-10H,1-2H3/b8-7+. The van der Waals surface area contributed by atoms with Crippen molar-refractivity contribution in [2.75, 3.05) is 7.11 Å². The first-order valence-corrected chi connectivity index (χ1v) is 7.23. The average Bonchev–Trinajstić information content (AvgIpc) is 2.84. The largest absolute Gasteiger partial charge is 0.481 e. The van der Waals surface area contributed by atoms with Crippen LogP contribution in [0.2, 0.25) is 0 Å². The summed E-state index contributed by atoms with van der Waals surface area (Å²) in [6.07, 6.45) is 4.34. The molecule has 0 unspecified atom stereocenters. The number of imide groups is 1. The molecule has 3 rings (SSSR count). The number of benzene rings is 1. The van der Waals surface area contributed by atoms with Crippen molar-refractivity contribution in [3.63, 3.8) is 0 Å². The predicted octanol–water partition coefficient (Wildman–Crippen LogP) is 2.56. The second-order valence-electron chi connectivity index (χ2n) is 5.21. The molecular formula is C18H14N2O4. The van der Waals surface area contributed by atoms with Crippen LogP contribution in [0.1, 0.15) is 43.6 Å². The summed E-state index contributed by atoms with van der Waals surface area (Å²) in [5.41, 5.74) is 1.63. The Hall–Kier alpha value is -3.28. The molecule has 0 N–H and O–H groups in total. The molecule has 2 aromatic rings. The van der Waals surface area contributed by atoms with E-state index in [1.807, 2.05) is 0 Å². The van der Waals surface area contributed by atoms with Gasteiger partial charge in [0.25, 0.3) is 11.8 Å². The highest BCUT2D eigenvalue weighted by Gasteiger charge is 2.33. The molecule has 0 saturated carbocycles. The molecule has 6 heteroatoms. The maximum atomic E-state index is 12.3. The molecule has 2 heterocycles. The normalized spacial score (nSPS) is 13.5. The Labute approximate surface area is 138 Å². The molecule has 1 aromatic carbocycles. The van der Waals surface area contributed by atoms with Crippen LogP contribution in [-0.2, 0) is 0 Å². The van der Waals surface area contributed by atoms with Gasteiger partial charge in [-0.1, -0.05) is 12.1 Å². The van der Waals surface area contributed by atoms with Gasteiger partial charge in [0.1, 0.15) is 0 Å². The van der Waals surface area contributed by atoms with E-state index in [1.54, 1.807) is 24.3 Å². The summed E-state index contributed by atoms with van der Waals surface area (Å²) in [7, 11) is 1.46. The van der Waals surface area contributed by atoms with Crippen LogP contribution in [0.25, 0.3) is 6.08 Å². The fourth-order valence-electron chi connectivity index (χ4n) is 2.49. The number of ether oxygens (including phenoxy) is 1. The van der Waals surface area contributed by atoms with Crippen LogP contribution in [0, 0.1) is 0 Å². The second kappa shape index (κ2) is 6.08. The first-order valence-electron chi connectivity index (χ1n) is 7.23. The van der Waals surface area contributed by atoms with Gasteiger partial charge in [-0.05, 0) is 25.1 Å². The number of Topliss-reactive ketones (excluding diaryl/α,β-unsaturated/α-hetero) is 1. The number of pyridine rings is 1. The van der Waals surface area contributed by atoms with Gasteiger partial charge in [-0.3, -0.25) is 14.4 Å². The maximum absolute atomic E-state index is 12.3.